The minimum absolute atomic E-state index is 0.0165. The van der Waals surface area contributed by atoms with Gasteiger partial charge >= 0.3 is 0 Å². The van der Waals surface area contributed by atoms with Gasteiger partial charge in [-0.3, -0.25) is 4.98 Å². The highest BCUT2D eigenvalue weighted by atomic mass is 79.9. The molecule has 31 heavy (non-hydrogen) atoms. The molecule has 2 atom stereocenters. The van der Waals surface area contributed by atoms with Crippen molar-refractivity contribution < 1.29 is 9.47 Å². The summed E-state index contributed by atoms with van der Waals surface area (Å²) in [4.78, 5) is 9.48. The van der Waals surface area contributed by atoms with Crippen LogP contribution in [-0.2, 0) is 16.0 Å². The molecule has 0 spiro atoms. The van der Waals surface area contributed by atoms with Crippen molar-refractivity contribution in [3.8, 4) is 11.1 Å². The second-order valence-corrected chi connectivity index (χ2v) is 8.39. The topological polar surface area (TPSA) is 99.6 Å². The van der Waals surface area contributed by atoms with Gasteiger partial charge in [0.15, 0.2) is 5.65 Å². The van der Waals surface area contributed by atoms with Gasteiger partial charge < -0.3 is 20.5 Å². The van der Waals surface area contributed by atoms with E-state index in [9.17, 15) is 0 Å². The third-order valence-corrected chi connectivity index (χ3v) is 6.60. The number of nitrogens with two attached hydrogens (primary N) is 1. The number of aromatic nitrogens is 4. The fraction of sp³-hybridized carbons (Fsp3) is 0.318. The molecule has 0 radical (unpaired) electrons. The molecular weight excluding hydrogens is 460 g/mol. The Morgan fingerprint density at radius 2 is 2.19 bits per heavy atom. The molecule has 5 rings (SSSR count). The molecule has 8 nitrogen and oxygen atoms in total. The van der Waals surface area contributed by atoms with Crippen LogP contribution >= 0.6 is 15.9 Å². The maximum atomic E-state index is 6.39. The van der Waals surface area contributed by atoms with Gasteiger partial charge in [-0.2, -0.15) is 9.61 Å². The molecule has 0 aliphatic carbocycles. The number of methoxy groups -OCH3 is 1. The lowest BCUT2D eigenvalue weighted by atomic mass is 10.1. The molecule has 1 aromatic carbocycles. The van der Waals surface area contributed by atoms with E-state index in [-0.39, 0.29) is 12.1 Å². The molecule has 4 aromatic rings. The molecule has 1 aliphatic heterocycles. The summed E-state index contributed by atoms with van der Waals surface area (Å²) >= 11 is 3.60. The molecule has 0 unspecified atom stereocenters. The Morgan fingerprint density at radius 1 is 1.32 bits per heavy atom. The van der Waals surface area contributed by atoms with Crippen LogP contribution in [0.15, 0.2) is 47.2 Å². The number of nitrogens with one attached hydrogen (secondary N) is 1. The first kappa shape index (κ1) is 20.3. The smallest absolute Gasteiger partial charge is 0.165 e. The van der Waals surface area contributed by atoms with Crippen molar-refractivity contribution in [1.29, 1.82) is 0 Å². The van der Waals surface area contributed by atoms with E-state index in [0.29, 0.717) is 24.6 Å². The first-order chi connectivity index (χ1) is 15.2. The zero-order valence-corrected chi connectivity index (χ0v) is 18.7. The number of fused-ring (bicyclic) bond motifs is 2. The number of pyridine rings is 1. The lowest BCUT2D eigenvalue weighted by Crippen LogP contribution is -2.47. The first-order valence-corrected chi connectivity index (χ1v) is 11.0. The van der Waals surface area contributed by atoms with Crippen LogP contribution in [0.4, 0.5) is 5.82 Å². The van der Waals surface area contributed by atoms with E-state index in [2.05, 4.69) is 37.4 Å². The summed E-state index contributed by atoms with van der Waals surface area (Å²) in [7, 11) is 1.71. The third-order valence-electron chi connectivity index (χ3n) is 5.73. The van der Waals surface area contributed by atoms with Crippen LogP contribution in [0.3, 0.4) is 0 Å². The van der Waals surface area contributed by atoms with E-state index in [1.807, 2.05) is 30.5 Å². The summed E-state index contributed by atoms with van der Waals surface area (Å²) < 4.78 is 13.5. The minimum atomic E-state index is 0.0165. The Morgan fingerprint density at radius 3 is 3.06 bits per heavy atom. The Labute approximate surface area is 187 Å². The van der Waals surface area contributed by atoms with Gasteiger partial charge in [-0.05, 0) is 34.5 Å². The highest BCUT2D eigenvalue weighted by Crippen LogP contribution is 2.30. The third kappa shape index (κ3) is 3.78. The normalized spacial score (nSPS) is 19.3. The zero-order chi connectivity index (χ0) is 21.4. The Bertz CT molecular complexity index is 1240. The predicted octanol–water partition coefficient (Wildman–Crippen LogP) is 3.18. The van der Waals surface area contributed by atoms with Crippen LogP contribution in [-0.4, -0.2) is 52.1 Å². The molecule has 0 saturated carbocycles. The standard InChI is InChI=1S/C22H23BrN6O2/c1-30-19-12-31-7-6-17(19)26-11-18-20(23)21(24)29-22(28-18)15(10-27-29)14-8-13-4-2-3-5-16(13)25-9-14/h2-5,8-10,17,19,26H,6-7,11-12,24H2,1H3/t17-,19-/m0/s1. The van der Waals surface area contributed by atoms with Gasteiger partial charge in [0.25, 0.3) is 0 Å². The van der Waals surface area contributed by atoms with E-state index in [1.165, 1.54) is 0 Å². The Hall–Kier alpha value is -2.59. The summed E-state index contributed by atoms with van der Waals surface area (Å²) in [6.07, 6.45) is 4.53. The predicted molar refractivity (Wildman–Crippen MR) is 123 cm³/mol. The molecule has 3 N–H and O–H groups in total. The summed E-state index contributed by atoms with van der Waals surface area (Å²) in [6.45, 7) is 1.85. The van der Waals surface area contributed by atoms with Crippen molar-refractivity contribution in [3.63, 3.8) is 0 Å². The number of para-hydroxylation sites is 1. The number of nitrogens with zero attached hydrogens (tertiary/aromatic N) is 4. The number of nitrogen functional groups attached to an aromatic ring is 1. The van der Waals surface area contributed by atoms with E-state index in [4.69, 9.17) is 20.2 Å². The number of hydrogen-bond donors (Lipinski definition) is 2. The van der Waals surface area contributed by atoms with Gasteiger partial charge in [-0.25, -0.2) is 4.98 Å². The van der Waals surface area contributed by atoms with Gasteiger partial charge in [-0.15, -0.1) is 0 Å². The van der Waals surface area contributed by atoms with Gasteiger partial charge in [0.2, 0.25) is 0 Å². The number of ether oxygens (including phenoxy) is 2. The average molecular weight is 483 g/mol. The van der Waals surface area contributed by atoms with Crippen LogP contribution in [0.5, 0.6) is 0 Å². The highest BCUT2D eigenvalue weighted by molar-refractivity contribution is 9.10. The van der Waals surface area contributed by atoms with Crippen LogP contribution < -0.4 is 11.1 Å². The SMILES string of the molecule is CO[C@H]1COCC[C@@H]1NCc1nc2c(-c3cnc4ccccc4c3)cnn2c(N)c1Br. The van der Waals surface area contributed by atoms with Crippen molar-refractivity contribution in [1.82, 2.24) is 24.9 Å². The summed E-state index contributed by atoms with van der Waals surface area (Å²) in [5.74, 6) is 0.511. The lowest BCUT2D eigenvalue weighted by Gasteiger charge is -2.31. The van der Waals surface area contributed by atoms with Crippen LogP contribution in [0.1, 0.15) is 12.1 Å². The van der Waals surface area contributed by atoms with E-state index in [0.717, 1.165) is 45.2 Å². The van der Waals surface area contributed by atoms with Gasteiger partial charge in [-0.1, -0.05) is 18.2 Å². The molecule has 4 heterocycles. The molecule has 1 fully saturated rings. The molecule has 0 amide bonds. The number of hydrogen-bond acceptors (Lipinski definition) is 7. The molecular formula is C22H23BrN6O2. The van der Waals surface area contributed by atoms with E-state index in [1.54, 1.807) is 17.8 Å². The maximum Gasteiger partial charge on any atom is 0.165 e. The van der Waals surface area contributed by atoms with Crippen molar-refractivity contribution in [3.05, 3.63) is 52.9 Å². The second-order valence-electron chi connectivity index (χ2n) is 7.59. The maximum absolute atomic E-state index is 6.39. The zero-order valence-electron chi connectivity index (χ0n) is 17.1. The van der Waals surface area contributed by atoms with Crippen LogP contribution in [0.2, 0.25) is 0 Å². The van der Waals surface area contributed by atoms with Crippen LogP contribution in [0, 0.1) is 0 Å². The average Bonchev–Trinajstić information content (AvgIpc) is 3.24. The van der Waals surface area contributed by atoms with Crippen molar-refractivity contribution >= 4 is 38.3 Å². The van der Waals surface area contributed by atoms with Crippen LogP contribution in [0.25, 0.3) is 27.7 Å². The fourth-order valence-corrected chi connectivity index (χ4v) is 4.38. The Balaban J connectivity index is 1.50. The first-order valence-electron chi connectivity index (χ1n) is 10.2. The number of rotatable bonds is 5. The van der Waals surface area contributed by atoms with Gasteiger partial charge in [0.1, 0.15) is 5.82 Å². The summed E-state index contributed by atoms with van der Waals surface area (Å²) in [6, 6.07) is 10.3. The molecule has 1 aliphatic rings. The molecule has 3 aromatic heterocycles. The van der Waals surface area contributed by atoms with Crippen molar-refractivity contribution in [2.24, 2.45) is 0 Å². The number of benzene rings is 1. The molecule has 1 saturated heterocycles. The number of anilines is 1. The fourth-order valence-electron chi connectivity index (χ4n) is 3.99. The van der Waals surface area contributed by atoms with Gasteiger partial charge in [0, 0.05) is 49.0 Å². The summed E-state index contributed by atoms with van der Waals surface area (Å²) in [5.41, 5.74) is 10.7. The molecule has 0 bridgehead atoms. The number of halogens is 1. The second kappa shape index (κ2) is 8.51. The highest BCUT2D eigenvalue weighted by Gasteiger charge is 2.26. The largest absolute Gasteiger partial charge is 0.383 e. The Kier molecular flexibility index (Phi) is 5.58. The molecule has 160 valence electrons. The minimum Gasteiger partial charge on any atom is -0.383 e. The quantitative estimate of drug-likeness (QED) is 0.450. The van der Waals surface area contributed by atoms with Crippen molar-refractivity contribution in [2.45, 2.75) is 25.1 Å². The van der Waals surface area contributed by atoms with Gasteiger partial charge in [0.05, 0.1) is 34.6 Å². The van der Waals surface area contributed by atoms with Crippen molar-refractivity contribution in [2.75, 3.05) is 26.1 Å². The summed E-state index contributed by atoms with van der Waals surface area (Å²) in [5, 5.41) is 9.08. The molecule has 9 heteroatoms. The monoisotopic (exact) mass is 482 g/mol. The lowest BCUT2D eigenvalue weighted by molar-refractivity contribution is -0.0502. The van der Waals surface area contributed by atoms with E-state index < -0.39 is 0 Å². The van der Waals surface area contributed by atoms with E-state index >= 15 is 0 Å².